The highest BCUT2D eigenvalue weighted by Crippen LogP contribution is 2.33. The van der Waals surface area contributed by atoms with Gasteiger partial charge in [-0.2, -0.15) is 13.2 Å². The molecule has 3 nitrogen and oxygen atoms in total. The van der Waals surface area contributed by atoms with Crippen molar-refractivity contribution in [3.05, 3.63) is 41.7 Å². The Morgan fingerprint density at radius 3 is 2.44 bits per heavy atom. The van der Waals surface area contributed by atoms with Gasteiger partial charge in [0, 0.05) is 0 Å². The molecule has 0 aliphatic carbocycles. The molecule has 2 rings (SSSR count). The summed E-state index contributed by atoms with van der Waals surface area (Å²) >= 11 is 0. The topological polar surface area (TPSA) is 30.7 Å². The van der Waals surface area contributed by atoms with Crippen LogP contribution in [0.4, 0.5) is 13.2 Å². The minimum atomic E-state index is -4.39. The molecule has 1 aromatic heterocycles. The maximum Gasteiger partial charge on any atom is 0.418 e. The summed E-state index contributed by atoms with van der Waals surface area (Å²) in [4.78, 5) is 0. The second-order valence-corrected chi connectivity index (χ2v) is 3.32. The molecular formula is C10H8F3N3. The van der Waals surface area contributed by atoms with Gasteiger partial charge in [0.05, 0.1) is 23.1 Å². The van der Waals surface area contributed by atoms with E-state index >= 15 is 0 Å². The predicted octanol–water partition coefficient (Wildman–Crippen LogP) is 2.59. The molecule has 2 aromatic rings. The minimum Gasteiger partial charge on any atom is -0.220 e. The first kappa shape index (κ1) is 10.7. The van der Waals surface area contributed by atoms with Gasteiger partial charge < -0.3 is 0 Å². The molecular weight excluding hydrogens is 219 g/mol. The molecule has 6 heteroatoms. The van der Waals surface area contributed by atoms with Gasteiger partial charge in [0.15, 0.2) is 0 Å². The SMILES string of the molecule is Cc1cn(-c2ccccc2C(F)(F)F)nn1. The number of rotatable bonds is 1. The van der Waals surface area contributed by atoms with E-state index in [-0.39, 0.29) is 5.69 Å². The molecule has 0 atom stereocenters. The van der Waals surface area contributed by atoms with Crippen LogP contribution in [0.5, 0.6) is 0 Å². The Hall–Kier alpha value is -1.85. The zero-order valence-electron chi connectivity index (χ0n) is 8.36. The van der Waals surface area contributed by atoms with Crippen LogP contribution in [-0.2, 0) is 6.18 Å². The van der Waals surface area contributed by atoms with Crippen LogP contribution in [0.2, 0.25) is 0 Å². The molecule has 0 saturated carbocycles. The van der Waals surface area contributed by atoms with Crippen LogP contribution in [0.3, 0.4) is 0 Å². The van der Waals surface area contributed by atoms with E-state index in [1.807, 2.05) is 0 Å². The number of nitrogens with zero attached hydrogens (tertiary/aromatic N) is 3. The van der Waals surface area contributed by atoms with Gasteiger partial charge in [-0.1, -0.05) is 17.3 Å². The second-order valence-electron chi connectivity index (χ2n) is 3.32. The normalized spacial score (nSPS) is 11.8. The third kappa shape index (κ3) is 1.91. The van der Waals surface area contributed by atoms with Crippen LogP contribution in [0, 0.1) is 6.92 Å². The lowest BCUT2D eigenvalue weighted by atomic mass is 10.1. The second kappa shape index (κ2) is 3.62. The van der Waals surface area contributed by atoms with Crippen LogP contribution in [-0.4, -0.2) is 15.0 Å². The van der Waals surface area contributed by atoms with Crippen molar-refractivity contribution in [3.63, 3.8) is 0 Å². The number of para-hydroxylation sites is 1. The van der Waals surface area contributed by atoms with Gasteiger partial charge in [0.25, 0.3) is 0 Å². The molecule has 16 heavy (non-hydrogen) atoms. The zero-order valence-corrected chi connectivity index (χ0v) is 8.36. The average molecular weight is 227 g/mol. The monoisotopic (exact) mass is 227 g/mol. The zero-order chi connectivity index (χ0) is 11.8. The maximum atomic E-state index is 12.7. The molecule has 0 aliphatic rings. The number of halogens is 3. The Labute approximate surface area is 89.5 Å². The number of hydrogen-bond donors (Lipinski definition) is 0. The molecule has 0 saturated heterocycles. The summed E-state index contributed by atoms with van der Waals surface area (Å²) in [7, 11) is 0. The number of hydrogen-bond acceptors (Lipinski definition) is 2. The van der Waals surface area contributed by atoms with Gasteiger partial charge in [0.2, 0.25) is 0 Å². The molecule has 0 bridgehead atoms. The lowest BCUT2D eigenvalue weighted by Crippen LogP contribution is -2.10. The van der Waals surface area contributed by atoms with Crippen LogP contribution in [0.15, 0.2) is 30.5 Å². The summed E-state index contributed by atoms with van der Waals surface area (Å²) in [6.07, 6.45) is -2.94. The van der Waals surface area contributed by atoms with Crippen molar-refractivity contribution in [2.24, 2.45) is 0 Å². The van der Waals surface area contributed by atoms with Gasteiger partial charge in [-0.15, -0.1) is 5.10 Å². The number of aryl methyl sites for hydroxylation is 1. The molecule has 0 N–H and O–H groups in total. The van der Waals surface area contributed by atoms with Crippen molar-refractivity contribution in [2.75, 3.05) is 0 Å². The van der Waals surface area contributed by atoms with Gasteiger partial charge in [-0.05, 0) is 19.1 Å². The van der Waals surface area contributed by atoms with Crippen LogP contribution in [0.25, 0.3) is 5.69 Å². The Morgan fingerprint density at radius 2 is 1.88 bits per heavy atom. The van der Waals surface area contributed by atoms with E-state index in [2.05, 4.69) is 10.3 Å². The van der Waals surface area contributed by atoms with E-state index in [1.165, 1.54) is 24.4 Å². The molecule has 1 aromatic carbocycles. The quantitative estimate of drug-likeness (QED) is 0.749. The lowest BCUT2D eigenvalue weighted by Gasteiger charge is -2.11. The van der Waals surface area contributed by atoms with Crippen LogP contribution in [0.1, 0.15) is 11.3 Å². The molecule has 0 radical (unpaired) electrons. The fourth-order valence-electron chi connectivity index (χ4n) is 1.38. The van der Waals surface area contributed by atoms with Crippen molar-refractivity contribution in [1.29, 1.82) is 0 Å². The summed E-state index contributed by atoms with van der Waals surface area (Å²) in [5.41, 5.74) is -0.174. The van der Waals surface area contributed by atoms with E-state index < -0.39 is 11.7 Å². The average Bonchev–Trinajstić information content (AvgIpc) is 2.64. The van der Waals surface area contributed by atoms with E-state index in [4.69, 9.17) is 0 Å². The minimum absolute atomic E-state index is 0.0180. The van der Waals surface area contributed by atoms with E-state index in [1.54, 1.807) is 6.92 Å². The Bertz CT molecular complexity index is 502. The van der Waals surface area contributed by atoms with Gasteiger partial charge in [0.1, 0.15) is 0 Å². The van der Waals surface area contributed by atoms with Crippen molar-refractivity contribution >= 4 is 0 Å². The maximum absolute atomic E-state index is 12.7. The van der Waals surface area contributed by atoms with E-state index in [0.29, 0.717) is 5.69 Å². The van der Waals surface area contributed by atoms with Gasteiger partial charge in [-0.3, -0.25) is 0 Å². The molecule has 0 amide bonds. The van der Waals surface area contributed by atoms with Crippen molar-refractivity contribution in [3.8, 4) is 5.69 Å². The van der Waals surface area contributed by atoms with Gasteiger partial charge >= 0.3 is 6.18 Å². The van der Waals surface area contributed by atoms with E-state index in [0.717, 1.165) is 10.7 Å². The summed E-state index contributed by atoms with van der Waals surface area (Å²) in [6, 6.07) is 5.25. The highest BCUT2D eigenvalue weighted by Gasteiger charge is 2.33. The fourth-order valence-corrected chi connectivity index (χ4v) is 1.38. The highest BCUT2D eigenvalue weighted by molar-refractivity contribution is 5.41. The summed E-state index contributed by atoms with van der Waals surface area (Å²) in [6.45, 7) is 1.67. The van der Waals surface area contributed by atoms with Crippen LogP contribution < -0.4 is 0 Å². The van der Waals surface area contributed by atoms with Crippen molar-refractivity contribution in [2.45, 2.75) is 13.1 Å². The molecule has 1 heterocycles. The van der Waals surface area contributed by atoms with Crippen LogP contribution >= 0.6 is 0 Å². The predicted molar refractivity (Wildman–Crippen MR) is 51.1 cm³/mol. The molecule has 0 spiro atoms. The van der Waals surface area contributed by atoms with E-state index in [9.17, 15) is 13.2 Å². The van der Waals surface area contributed by atoms with Crippen molar-refractivity contribution < 1.29 is 13.2 Å². The fraction of sp³-hybridized carbons (Fsp3) is 0.200. The number of aromatic nitrogens is 3. The van der Waals surface area contributed by atoms with Gasteiger partial charge in [-0.25, -0.2) is 4.68 Å². The first-order chi connectivity index (χ1) is 7.48. The Morgan fingerprint density at radius 1 is 1.19 bits per heavy atom. The van der Waals surface area contributed by atoms with Crippen molar-refractivity contribution in [1.82, 2.24) is 15.0 Å². The summed E-state index contributed by atoms with van der Waals surface area (Å²) in [5, 5.41) is 7.29. The molecule has 0 fully saturated rings. The number of benzene rings is 1. The summed E-state index contributed by atoms with van der Waals surface area (Å²) < 4.78 is 39.2. The first-order valence-corrected chi connectivity index (χ1v) is 4.54. The standard InChI is InChI=1S/C10H8F3N3/c1-7-6-16(15-14-7)9-5-3-2-4-8(9)10(11,12)13/h2-6H,1H3. The summed E-state index contributed by atoms with van der Waals surface area (Å²) in [5.74, 6) is 0. The Kier molecular flexibility index (Phi) is 2.41. The third-order valence-corrected chi connectivity index (χ3v) is 2.06. The highest BCUT2D eigenvalue weighted by atomic mass is 19.4. The Balaban J connectivity index is 2.57. The third-order valence-electron chi connectivity index (χ3n) is 2.06. The number of alkyl halides is 3. The molecule has 84 valence electrons. The smallest absolute Gasteiger partial charge is 0.220 e. The molecule has 0 aliphatic heterocycles. The lowest BCUT2D eigenvalue weighted by molar-refractivity contribution is -0.137. The first-order valence-electron chi connectivity index (χ1n) is 4.54. The largest absolute Gasteiger partial charge is 0.418 e. The molecule has 0 unspecified atom stereocenters.